The summed E-state index contributed by atoms with van der Waals surface area (Å²) in [7, 11) is -3.08. The first-order chi connectivity index (χ1) is 8.42. The van der Waals surface area contributed by atoms with Crippen molar-refractivity contribution in [3.05, 3.63) is 0 Å². The first-order valence-corrected chi connectivity index (χ1v) is 9.24. The molecule has 0 atom stereocenters. The average molecular weight is 292 g/mol. The van der Waals surface area contributed by atoms with Gasteiger partial charge in [0.1, 0.15) is 0 Å². The Bertz CT molecular complexity index is 376. The molecule has 0 radical (unpaired) electrons. The van der Waals surface area contributed by atoms with E-state index in [0.717, 1.165) is 38.1 Å². The van der Waals surface area contributed by atoms with Crippen molar-refractivity contribution in [2.75, 3.05) is 31.9 Å². The standard InChI is InChI=1S/C12H24N2O2S2/c1-12(2)5-8-14(9-10-17-12)18(15,16)11-3-6-13-7-4-11/h11,13H,3-10H2,1-2H3. The van der Waals surface area contributed by atoms with Crippen LogP contribution in [0.3, 0.4) is 0 Å². The fourth-order valence-corrected chi connectivity index (χ4v) is 5.72. The lowest BCUT2D eigenvalue weighted by Gasteiger charge is -2.29. The van der Waals surface area contributed by atoms with Crippen molar-refractivity contribution in [1.82, 2.24) is 9.62 Å². The van der Waals surface area contributed by atoms with Gasteiger partial charge in [-0.15, -0.1) is 0 Å². The smallest absolute Gasteiger partial charge is 0.217 e. The second kappa shape index (κ2) is 5.69. The van der Waals surface area contributed by atoms with Crippen molar-refractivity contribution in [3.63, 3.8) is 0 Å². The van der Waals surface area contributed by atoms with Gasteiger partial charge in [0.15, 0.2) is 0 Å². The molecule has 0 aromatic carbocycles. The minimum absolute atomic E-state index is 0.162. The molecule has 2 fully saturated rings. The molecule has 4 nitrogen and oxygen atoms in total. The maximum atomic E-state index is 12.6. The lowest BCUT2D eigenvalue weighted by Crippen LogP contribution is -2.44. The van der Waals surface area contributed by atoms with Crippen LogP contribution in [0, 0.1) is 0 Å². The molecule has 2 saturated heterocycles. The normalized spacial score (nSPS) is 27.9. The van der Waals surface area contributed by atoms with Gasteiger partial charge in [-0.1, -0.05) is 13.8 Å². The van der Waals surface area contributed by atoms with Gasteiger partial charge in [0.2, 0.25) is 10.0 Å². The fraction of sp³-hybridized carbons (Fsp3) is 1.00. The van der Waals surface area contributed by atoms with Gasteiger partial charge in [-0.05, 0) is 32.4 Å². The SMILES string of the molecule is CC1(C)CCN(S(=O)(=O)C2CCNCC2)CCS1. The third-order valence-electron chi connectivity index (χ3n) is 3.86. The summed E-state index contributed by atoms with van der Waals surface area (Å²) in [5.74, 6) is 0.914. The summed E-state index contributed by atoms with van der Waals surface area (Å²) in [4.78, 5) is 0. The lowest BCUT2D eigenvalue weighted by molar-refractivity contribution is 0.394. The molecular formula is C12H24N2O2S2. The van der Waals surface area contributed by atoms with Crippen LogP contribution in [-0.2, 0) is 10.0 Å². The number of thioether (sulfide) groups is 1. The van der Waals surface area contributed by atoms with Crippen LogP contribution in [-0.4, -0.2) is 54.7 Å². The third kappa shape index (κ3) is 3.40. The van der Waals surface area contributed by atoms with Crippen molar-refractivity contribution < 1.29 is 8.42 Å². The Balaban J connectivity index is 2.05. The Morgan fingerprint density at radius 2 is 1.89 bits per heavy atom. The summed E-state index contributed by atoms with van der Waals surface area (Å²) in [5, 5.41) is 3.07. The predicted octanol–water partition coefficient (Wildman–Crippen LogP) is 1.29. The van der Waals surface area contributed by atoms with E-state index in [-0.39, 0.29) is 10.00 Å². The highest BCUT2D eigenvalue weighted by atomic mass is 32.2. The van der Waals surface area contributed by atoms with Gasteiger partial charge in [-0.2, -0.15) is 11.8 Å². The third-order valence-corrected chi connectivity index (χ3v) is 7.64. The van der Waals surface area contributed by atoms with Crippen LogP contribution in [0.1, 0.15) is 33.1 Å². The molecular weight excluding hydrogens is 268 g/mol. The van der Waals surface area contributed by atoms with E-state index < -0.39 is 10.0 Å². The monoisotopic (exact) mass is 292 g/mol. The number of hydrogen-bond acceptors (Lipinski definition) is 4. The Hall–Kier alpha value is 0.220. The van der Waals surface area contributed by atoms with Gasteiger partial charge in [0.05, 0.1) is 5.25 Å². The Morgan fingerprint density at radius 3 is 2.56 bits per heavy atom. The van der Waals surface area contributed by atoms with Gasteiger partial charge in [0, 0.05) is 23.6 Å². The Kier molecular flexibility index (Phi) is 4.62. The molecule has 0 saturated carbocycles. The second-order valence-corrected chi connectivity index (χ2v) is 9.77. The van der Waals surface area contributed by atoms with Crippen molar-refractivity contribution in [2.45, 2.75) is 43.1 Å². The lowest BCUT2D eigenvalue weighted by atomic mass is 10.1. The van der Waals surface area contributed by atoms with Crippen LogP contribution in [0.15, 0.2) is 0 Å². The van der Waals surface area contributed by atoms with Gasteiger partial charge in [0.25, 0.3) is 0 Å². The minimum Gasteiger partial charge on any atom is -0.317 e. The maximum absolute atomic E-state index is 12.6. The summed E-state index contributed by atoms with van der Waals surface area (Å²) in [6.07, 6.45) is 2.46. The van der Waals surface area contributed by atoms with Crippen LogP contribution in [0.2, 0.25) is 0 Å². The molecule has 0 aromatic heterocycles. The van der Waals surface area contributed by atoms with Crippen LogP contribution < -0.4 is 5.32 Å². The summed E-state index contributed by atoms with van der Waals surface area (Å²) < 4.78 is 27.1. The topological polar surface area (TPSA) is 49.4 Å². The number of piperidine rings is 1. The highest BCUT2D eigenvalue weighted by Gasteiger charge is 2.35. The van der Waals surface area contributed by atoms with Crippen molar-refractivity contribution in [3.8, 4) is 0 Å². The van der Waals surface area contributed by atoms with E-state index in [2.05, 4.69) is 19.2 Å². The zero-order valence-corrected chi connectivity index (χ0v) is 12.9. The van der Waals surface area contributed by atoms with Crippen molar-refractivity contribution in [1.29, 1.82) is 0 Å². The summed E-state index contributed by atoms with van der Waals surface area (Å²) >= 11 is 1.89. The number of nitrogens with one attached hydrogen (secondary N) is 1. The quantitative estimate of drug-likeness (QED) is 0.833. The highest BCUT2D eigenvalue weighted by molar-refractivity contribution is 8.00. The first kappa shape index (κ1) is 14.6. The number of hydrogen-bond donors (Lipinski definition) is 1. The van der Waals surface area contributed by atoms with E-state index in [1.54, 1.807) is 4.31 Å². The van der Waals surface area contributed by atoms with Gasteiger partial charge in [-0.25, -0.2) is 12.7 Å². The van der Waals surface area contributed by atoms with Crippen LogP contribution in [0.5, 0.6) is 0 Å². The Morgan fingerprint density at radius 1 is 1.22 bits per heavy atom. The van der Waals surface area contributed by atoms with E-state index in [1.807, 2.05) is 11.8 Å². The molecule has 0 aromatic rings. The van der Waals surface area contributed by atoms with E-state index in [1.165, 1.54) is 0 Å². The summed E-state index contributed by atoms with van der Waals surface area (Å²) in [5.41, 5.74) is 0. The second-order valence-electron chi connectivity index (χ2n) is 5.75. The fourth-order valence-electron chi connectivity index (χ4n) is 2.56. The molecule has 2 aliphatic rings. The first-order valence-electron chi connectivity index (χ1n) is 6.75. The van der Waals surface area contributed by atoms with Crippen molar-refractivity contribution >= 4 is 21.8 Å². The van der Waals surface area contributed by atoms with Gasteiger partial charge >= 0.3 is 0 Å². The van der Waals surface area contributed by atoms with Gasteiger partial charge < -0.3 is 5.32 Å². The molecule has 0 bridgehead atoms. The predicted molar refractivity (Wildman–Crippen MR) is 77.5 cm³/mol. The molecule has 1 N–H and O–H groups in total. The molecule has 0 spiro atoms. The van der Waals surface area contributed by atoms with E-state index in [4.69, 9.17) is 0 Å². The molecule has 0 amide bonds. The van der Waals surface area contributed by atoms with E-state index in [0.29, 0.717) is 13.1 Å². The Labute approximate surface area is 115 Å². The molecule has 2 aliphatic heterocycles. The zero-order valence-electron chi connectivity index (χ0n) is 11.3. The molecule has 18 heavy (non-hydrogen) atoms. The average Bonchev–Trinajstić information content (AvgIpc) is 2.52. The number of sulfonamides is 1. The van der Waals surface area contributed by atoms with Crippen LogP contribution >= 0.6 is 11.8 Å². The summed E-state index contributed by atoms with van der Waals surface area (Å²) in [6, 6.07) is 0. The van der Waals surface area contributed by atoms with E-state index in [9.17, 15) is 8.42 Å². The number of rotatable bonds is 2. The molecule has 2 heterocycles. The molecule has 106 valence electrons. The van der Waals surface area contributed by atoms with E-state index >= 15 is 0 Å². The van der Waals surface area contributed by atoms with Gasteiger partial charge in [-0.3, -0.25) is 0 Å². The summed E-state index contributed by atoms with van der Waals surface area (Å²) in [6.45, 7) is 7.44. The molecule has 0 aliphatic carbocycles. The molecule has 2 rings (SSSR count). The van der Waals surface area contributed by atoms with Crippen LogP contribution in [0.25, 0.3) is 0 Å². The minimum atomic E-state index is -3.08. The van der Waals surface area contributed by atoms with Crippen LogP contribution in [0.4, 0.5) is 0 Å². The maximum Gasteiger partial charge on any atom is 0.217 e. The highest BCUT2D eigenvalue weighted by Crippen LogP contribution is 2.32. The number of nitrogens with zero attached hydrogens (tertiary/aromatic N) is 1. The largest absolute Gasteiger partial charge is 0.317 e. The molecule has 0 unspecified atom stereocenters. The molecule has 6 heteroatoms. The van der Waals surface area contributed by atoms with Crippen molar-refractivity contribution in [2.24, 2.45) is 0 Å². The zero-order chi connectivity index (χ0) is 13.2.